The maximum absolute atomic E-state index is 11.3. The van der Waals surface area contributed by atoms with Crippen LogP contribution in [0.4, 0.5) is 0 Å². The fourth-order valence-electron chi connectivity index (χ4n) is 1.43. The summed E-state index contributed by atoms with van der Waals surface area (Å²) in [6.45, 7) is 0. The number of methoxy groups -OCH3 is 1. The third-order valence-corrected chi connectivity index (χ3v) is 2.05. The molecule has 2 N–H and O–H groups in total. The molecule has 0 saturated carbocycles. The Kier molecular flexibility index (Phi) is 1.89. The van der Waals surface area contributed by atoms with Gasteiger partial charge in [-0.05, 0) is 18.2 Å². The number of H-pyrrole nitrogens is 1. The van der Waals surface area contributed by atoms with Crippen LogP contribution in [0.15, 0.2) is 24.4 Å². The van der Waals surface area contributed by atoms with Crippen LogP contribution in [0.5, 0.6) is 5.75 Å². The van der Waals surface area contributed by atoms with Gasteiger partial charge in [-0.25, -0.2) is 4.79 Å². The first-order valence-electron chi connectivity index (χ1n) is 4.11. The van der Waals surface area contributed by atoms with E-state index in [1.165, 1.54) is 13.2 Å². The number of carbonyl (C=O) groups excluding carboxylic acids is 1. The van der Waals surface area contributed by atoms with Crippen molar-refractivity contribution in [2.75, 3.05) is 7.11 Å². The number of fused-ring (bicyclic) bond motifs is 1. The monoisotopic (exact) mass is 191 g/mol. The zero-order valence-electron chi connectivity index (χ0n) is 7.57. The van der Waals surface area contributed by atoms with Crippen molar-refractivity contribution in [2.45, 2.75) is 0 Å². The van der Waals surface area contributed by atoms with Crippen molar-refractivity contribution < 1.29 is 14.6 Å². The predicted octanol–water partition coefficient (Wildman–Crippen LogP) is 1.66. The molecule has 4 heteroatoms. The molecular formula is C10H9NO3. The molecule has 2 aromatic rings. The van der Waals surface area contributed by atoms with Gasteiger partial charge < -0.3 is 14.8 Å². The molecule has 14 heavy (non-hydrogen) atoms. The molecule has 1 heterocycles. The normalized spacial score (nSPS) is 10.4. The number of aromatic hydroxyl groups is 1. The first-order valence-corrected chi connectivity index (χ1v) is 4.11. The molecule has 0 fully saturated rings. The van der Waals surface area contributed by atoms with Gasteiger partial charge in [-0.1, -0.05) is 0 Å². The maximum Gasteiger partial charge on any atom is 0.340 e. The lowest BCUT2D eigenvalue weighted by Gasteiger charge is -2.01. The Morgan fingerprint density at radius 1 is 1.50 bits per heavy atom. The average Bonchev–Trinajstić information content (AvgIpc) is 2.62. The van der Waals surface area contributed by atoms with Crippen LogP contribution in [0.1, 0.15) is 10.4 Å². The second kappa shape index (κ2) is 3.06. The summed E-state index contributed by atoms with van der Waals surface area (Å²) in [5, 5.41) is 10.1. The predicted molar refractivity (Wildman–Crippen MR) is 51.3 cm³/mol. The number of esters is 1. The summed E-state index contributed by atoms with van der Waals surface area (Å²) < 4.78 is 4.60. The fourth-order valence-corrected chi connectivity index (χ4v) is 1.43. The zero-order valence-corrected chi connectivity index (χ0v) is 7.57. The number of hydrogen-bond donors (Lipinski definition) is 2. The van der Waals surface area contributed by atoms with Gasteiger partial charge in [0.1, 0.15) is 5.75 Å². The topological polar surface area (TPSA) is 62.3 Å². The van der Waals surface area contributed by atoms with Crippen LogP contribution in [0.3, 0.4) is 0 Å². The van der Waals surface area contributed by atoms with E-state index in [-0.39, 0.29) is 5.75 Å². The van der Waals surface area contributed by atoms with Crippen molar-refractivity contribution in [3.63, 3.8) is 0 Å². The van der Waals surface area contributed by atoms with Gasteiger partial charge >= 0.3 is 5.97 Å². The Bertz CT molecular complexity index is 487. The summed E-state index contributed by atoms with van der Waals surface area (Å²) in [5.74, 6) is -0.411. The average molecular weight is 191 g/mol. The van der Waals surface area contributed by atoms with Crippen LogP contribution < -0.4 is 0 Å². The zero-order chi connectivity index (χ0) is 10.1. The summed E-state index contributed by atoms with van der Waals surface area (Å²) in [4.78, 5) is 14.2. The molecule has 0 bridgehead atoms. The van der Waals surface area contributed by atoms with Crippen LogP contribution in [-0.2, 0) is 4.74 Å². The molecule has 0 aliphatic carbocycles. The van der Waals surface area contributed by atoms with Crippen LogP contribution >= 0.6 is 0 Å². The molecule has 1 aromatic carbocycles. The number of carbonyl (C=O) groups is 1. The molecule has 0 aliphatic heterocycles. The number of hydrogen-bond acceptors (Lipinski definition) is 3. The minimum absolute atomic E-state index is 0.0532. The minimum Gasteiger partial charge on any atom is -0.508 e. The van der Waals surface area contributed by atoms with Crippen molar-refractivity contribution >= 4 is 16.9 Å². The van der Waals surface area contributed by atoms with Gasteiger partial charge in [0.05, 0.1) is 18.2 Å². The highest BCUT2D eigenvalue weighted by Gasteiger charge is 2.12. The number of rotatable bonds is 1. The van der Waals surface area contributed by atoms with E-state index in [1.807, 2.05) is 0 Å². The number of phenolic OH excluding ortho intramolecular Hbond substituents is 1. The highest BCUT2D eigenvalue weighted by atomic mass is 16.5. The Morgan fingerprint density at radius 2 is 2.29 bits per heavy atom. The molecule has 0 spiro atoms. The highest BCUT2D eigenvalue weighted by Crippen LogP contribution is 2.23. The third-order valence-electron chi connectivity index (χ3n) is 2.05. The SMILES string of the molecule is COC(=O)c1cc(O)cc2cc[nH]c12. The van der Waals surface area contributed by atoms with Gasteiger partial charge in [0.2, 0.25) is 0 Å². The number of ether oxygens (including phenoxy) is 1. The molecule has 72 valence electrons. The summed E-state index contributed by atoms with van der Waals surface area (Å²) in [5.41, 5.74) is 1.02. The molecule has 0 saturated heterocycles. The van der Waals surface area contributed by atoms with Gasteiger partial charge in [-0.3, -0.25) is 0 Å². The van der Waals surface area contributed by atoms with Gasteiger partial charge in [-0.2, -0.15) is 0 Å². The molecule has 0 amide bonds. The third kappa shape index (κ3) is 1.21. The number of aromatic amines is 1. The molecule has 0 aliphatic rings. The second-order valence-electron chi connectivity index (χ2n) is 2.93. The Labute approximate surface area is 80.1 Å². The Hall–Kier alpha value is -1.97. The molecule has 1 aromatic heterocycles. The van der Waals surface area contributed by atoms with Gasteiger partial charge in [-0.15, -0.1) is 0 Å². The van der Waals surface area contributed by atoms with Crippen LogP contribution in [0.2, 0.25) is 0 Å². The largest absolute Gasteiger partial charge is 0.508 e. The van der Waals surface area contributed by atoms with E-state index < -0.39 is 5.97 Å². The van der Waals surface area contributed by atoms with Crippen LogP contribution in [0, 0.1) is 0 Å². The molecule has 4 nitrogen and oxygen atoms in total. The lowest BCUT2D eigenvalue weighted by molar-refractivity contribution is 0.0602. The van der Waals surface area contributed by atoms with Crippen molar-refractivity contribution in [3.05, 3.63) is 30.0 Å². The van der Waals surface area contributed by atoms with E-state index in [1.54, 1.807) is 18.3 Å². The first kappa shape index (κ1) is 8.62. The second-order valence-corrected chi connectivity index (χ2v) is 2.93. The van der Waals surface area contributed by atoms with E-state index in [0.717, 1.165) is 5.39 Å². The summed E-state index contributed by atoms with van der Waals surface area (Å²) in [6.07, 6.45) is 1.70. The fraction of sp³-hybridized carbons (Fsp3) is 0.100. The van der Waals surface area contributed by atoms with E-state index >= 15 is 0 Å². The van der Waals surface area contributed by atoms with E-state index in [0.29, 0.717) is 11.1 Å². The summed E-state index contributed by atoms with van der Waals surface area (Å²) in [7, 11) is 1.31. The lowest BCUT2D eigenvalue weighted by Crippen LogP contribution is -2.01. The van der Waals surface area contributed by atoms with Crippen LogP contribution in [-0.4, -0.2) is 23.2 Å². The van der Waals surface area contributed by atoms with Gasteiger partial charge in [0.25, 0.3) is 0 Å². The van der Waals surface area contributed by atoms with E-state index in [4.69, 9.17) is 0 Å². The maximum atomic E-state index is 11.3. The van der Waals surface area contributed by atoms with E-state index in [2.05, 4.69) is 9.72 Å². The molecule has 0 unspecified atom stereocenters. The smallest absolute Gasteiger partial charge is 0.340 e. The molecule has 0 atom stereocenters. The van der Waals surface area contributed by atoms with Gasteiger partial charge in [0.15, 0.2) is 0 Å². The highest BCUT2D eigenvalue weighted by molar-refractivity contribution is 6.03. The Morgan fingerprint density at radius 3 is 3.00 bits per heavy atom. The van der Waals surface area contributed by atoms with Crippen molar-refractivity contribution in [1.82, 2.24) is 4.98 Å². The van der Waals surface area contributed by atoms with Crippen molar-refractivity contribution in [1.29, 1.82) is 0 Å². The minimum atomic E-state index is -0.464. The van der Waals surface area contributed by atoms with E-state index in [9.17, 15) is 9.90 Å². The molecule has 0 radical (unpaired) electrons. The molecule has 2 rings (SSSR count). The number of nitrogens with one attached hydrogen (secondary N) is 1. The van der Waals surface area contributed by atoms with Gasteiger partial charge in [0, 0.05) is 11.6 Å². The number of aromatic nitrogens is 1. The standard InChI is InChI=1S/C10H9NO3/c1-14-10(13)8-5-7(12)4-6-2-3-11-9(6)8/h2-5,11-12H,1H3. The summed E-state index contributed by atoms with van der Waals surface area (Å²) >= 11 is 0. The molecular weight excluding hydrogens is 182 g/mol. The van der Waals surface area contributed by atoms with Crippen LogP contribution in [0.25, 0.3) is 10.9 Å². The number of benzene rings is 1. The number of phenols is 1. The van der Waals surface area contributed by atoms with Crippen molar-refractivity contribution in [2.24, 2.45) is 0 Å². The van der Waals surface area contributed by atoms with Crippen molar-refractivity contribution in [3.8, 4) is 5.75 Å². The lowest BCUT2D eigenvalue weighted by atomic mass is 10.1. The Balaban J connectivity index is 2.72. The first-order chi connectivity index (χ1) is 6.72. The summed E-state index contributed by atoms with van der Waals surface area (Å²) in [6, 6.07) is 4.74. The quantitative estimate of drug-likeness (QED) is 0.674.